The molecule has 4 nitrogen and oxygen atoms in total. The van der Waals surface area contributed by atoms with E-state index >= 15 is 0 Å². The lowest BCUT2D eigenvalue weighted by Crippen LogP contribution is -2.46. The number of carbonyl (C=O) groups is 1. The normalized spacial score (nSPS) is 19.7. The Hall–Kier alpha value is -1.62. The van der Waals surface area contributed by atoms with Crippen molar-refractivity contribution in [3.63, 3.8) is 0 Å². The number of ether oxygens (including phenoxy) is 1. The summed E-state index contributed by atoms with van der Waals surface area (Å²) in [6.07, 6.45) is 1.75. The summed E-state index contributed by atoms with van der Waals surface area (Å²) in [6, 6.07) is 4.34. The van der Waals surface area contributed by atoms with Gasteiger partial charge in [0.05, 0.1) is 7.11 Å². The van der Waals surface area contributed by atoms with Crippen molar-refractivity contribution in [3.8, 4) is 5.75 Å². The topological polar surface area (TPSA) is 55.6 Å². The van der Waals surface area contributed by atoms with Crippen molar-refractivity contribution in [2.45, 2.75) is 18.9 Å². The number of halogens is 1. The number of nitrogens with two attached hydrogens (primary N) is 1. The Bertz CT molecular complexity index is 451. The maximum atomic E-state index is 13.8. The number of hydrogen-bond donors (Lipinski definition) is 1. The number of rotatable bonds is 2. The van der Waals surface area contributed by atoms with E-state index in [0.717, 1.165) is 12.8 Å². The van der Waals surface area contributed by atoms with Gasteiger partial charge >= 0.3 is 0 Å². The first-order chi connectivity index (χ1) is 8.63. The van der Waals surface area contributed by atoms with Gasteiger partial charge in [-0.05, 0) is 25.0 Å². The number of amides is 1. The van der Waals surface area contributed by atoms with Crippen LogP contribution in [-0.2, 0) is 0 Å². The van der Waals surface area contributed by atoms with Gasteiger partial charge in [0.1, 0.15) is 17.1 Å². The second-order valence-electron chi connectivity index (χ2n) is 4.47. The molecule has 1 aromatic carbocycles. The molecule has 2 rings (SSSR count). The van der Waals surface area contributed by atoms with Crippen LogP contribution in [0.15, 0.2) is 18.2 Å². The first-order valence-corrected chi connectivity index (χ1v) is 6.01. The zero-order chi connectivity index (χ0) is 13.1. The SMILES string of the molecule is COc1cccc(F)c1C(=O)N1CCCC(N)C1. The van der Waals surface area contributed by atoms with E-state index in [4.69, 9.17) is 10.5 Å². The molecule has 1 atom stereocenters. The quantitative estimate of drug-likeness (QED) is 0.865. The molecule has 0 aromatic heterocycles. The molecular weight excluding hydrogens is 235 g/mol. The van der Waals surface area contributed by atoms with E-state index in [9.17, 15) is 9.18 Å². The molecule has 1 fully saturated rings. The minimum absolute atomic E-state index is 0.00546. The molecule has 1 aliphatic rings. The summed E-state index contributed by atoms with van der Waals surface area (Å²) in [7, 11) is 1.42. The number of benzene rings is 1. The average Bonchev–Trinajstić information content (AvgIpc) is 2.37. The molecule has 1 saturated heterocycles. The minimum atomic E-state index is -0.557. The Labute approximate surface area is 106 Å². The predicted molar refractivity (Wildman–Crippen MR) is 66.1 cm³/mol. The van der Waals surface area contributed by atoms with Crippen LogP contribution in [0.3, 0.4) is 0 Å². The summed E-state index contributed by atoms with van der Waals surface area (Å²) < 4.78 is 18.8. The molecule has 5 heteroatoms. The zero-order valence-corrected chi connectivity index (χ0v) is 10.4. The van der Waals surface area contributed by atoms with Gasteiger partial charge in [0.2, 0.25) is 0 Å². The van der Waals surface area contributed by atoms with Gasteiger partial charge < -0.3 is 15.4 Å². The zero-order valence-electron chi connectivity index (χ0n) is 10.4. The van der Waals surface area contributed by atoms with Crippen molar-refractivity contribution in [3.05, 3.63) is 29.6 Å². The van der Waals surface area contributed by atoms with E-state index in [1.165, 1.54) is 19.2 Å². The monoisotopic (exact) mass is 252 g/mol. The second kappa shape index (κ2) is 5.35. The van der Waals surface area contributed by atoms with E-state index in [1.54, 1.807) is 11.0 Å². The number of hydrogen-bond acceptors (Lipinski definition) is 3. The molecular formula is C13H17FN2O2. The summed E-state index contributed by atoms with van der Waals surface area (Å²) in [4.78, 5) is 13.9. The van der Waals surface area contributed by atoms with Gasteiger partial charge in [-0.15, -0.1) is 0 Å². The van der Waals surface area contributed by atoms with Crippen LogP contribution in [-0.4, -0.2) is 37.0 Å². The van der Waals surface area contributed by atoms with Crippen molar-refractivity contribution in [2.75, 3.05) is 20.2 Å². The summed E-state index contributed by atoms with van der Waals surface area (Å²) in [6.45, 7) is 1.08. The Morgan fingerprint density at radius 1 is 1.56 bits per heavy atom. The van der Waals surface area contributed by atoms with Gasteiger partial charge in [0, 0.05) is 19.1 Å². The minimum Gasteiger partial charge on any atom is -0.496 e. The summed E-state index contributed by atoms with van der Waals surface area (Å²) >= 11 is 0. The van der Waals surface area contributed by atoms with Crippen LogP contribution in [0.5, 0.6) is 5.75 Å². The Morgan fingerprint density at radius 2 is 2.33 bits per heavy atom. The van der Waals surface area contributed by atoms with Crippen molar-refractivity contribution in [1.82, 2.24) is 4.90 Å². The molecule has 2 N–H and O–H groups in total. The lowest BCUT2D eigenvalue weighted by molar-refractivity contribution is 0.0700. The van der Waals surface area contributed by atoms with Crippen LogP contribution in [0.1, 0.15) is 23.2 Å². The van der Waals surface area contributed by atoms with Crippen LogP contribution in [0, 0.1) is 5.82 Å². The molecule has 1 aromatic rings. The van der Waals surface area contributed by atoms with Gasteiger partial charge in [-0.1, -0.05) is 6.07 Å². The largest absolute Gasteiger partial charge is 0.496 e. The van der Waals surface area contributed by atoms with Gasteiger partial charge in [0.15, 0.2) is 0 Å². The Balaban J connectivity index is 2.28. The maximum Gasteiger partial charge on any atom is 0.260 e. The smallest absolute Gasteiger partial charge is 0.260 e. The van der Waals surface area contributed by atoms with Gasteiger partial charge in [-0.3, -0.25) is 4.79 Å². The number of likely N-dealkylation sites (tertiary alicyclic amines) is 1. The highest BCUT2D eigenvalue weighted by molar-refractivity contribution is 5.97. The van der Waals surface area contributed by atoms with E-state index in [2.05, 4.69) is 0 Å². The molecule has 0 aliphatic carbocycles. The number of methoxy groups -OCH3 is 1. The van der Waals surface area contributed by atoms with E-state index in [0.29, 0.717) is 13.1 Å². The molecule has 0 saturated carbocycles. The highest BCUT2D eigenvalue weighted by atomic mass is 19.1. The van der Waals surface area contributed by atoms with E-state index in [1.807, 2.05) is 0 Å². The highest BCUT2D eigenvalue weighted by Crippen LogP contribution is 2.24. The maximum absolute atomic E-state index is 13.8. The van der Waals surface area contributed by atoms with Crippen molar-refractivity contribution >= 4 is 5.91 Å². The molecule has 1 unspecified atom stereocenters. The van der Waals surface area contributed by atoms with Gasteiger partial charge in [0.25, 0.3) is 5.91 Å². The second-order valence-corrected chi connectivity index (χ2v) is 4.47. The standard InChI is InChI=1S/C13H17FN2O2/c1-18-11-6-2-5-10(14)12(11)13(17)16-7-3-4-9(15)8-16/h2,5-6,9H,3-4,7-8,15H2,1H3. The number of piperidine rings is 1. The third-order valence-corrected chi connectivity index (χ3v) is 3.15. The van der Waals surface area contributed by atoms with Crippen LogP contribution < -0.4 is 10.5 Å². The number of nitrogens with zero attached hydrogens (tertiary/aromatic N) is 1. The Morgan fingerprint density at radius 3 is 3.00 bits per heavy atom. The summed E-state index contributed by atoms with van der Waals surface area (Å²) in [5.74, 6) is -0.641. The first kappa shape index (κ1) is 12.8. The van der Waals surface area contributed by atoms with Gasteiger partial charge in [-0.2, -0.15) is 0 Å². The lowest BCUT2D eigenvalue weighted by Gasteiger charge is -2.31. The molecule has 1 amide bonds. The molecule has 1 aliphatic heterocycles. The Kier molecular flexibility index (Phi) is 3.81. The van der Waals surface area contributed by atoms with Crippen LogP contribution in [0.25, 0.3) is 0 Å². The average molecular weight is 252 g/mol. The third-order valence-electron chi connectivity index (χ3n) is 3.15. The fraction of sp³-hybridized carbons (Fsp3) is 0.462. The molecule has 1 heterocycles. The molecule has 0 radical (unpaired) electrons. The fourth-order valence-electron chi connectivity index (χ4n) is 2.23. The lowest BCUT2D eigenvalue weighted by atomic mass is 10.0. The first-order valence-electron chi connectivity index (χ1n) is 6.01. The summed E-state index contributed by atoms with van der Waals surface area (Å²) in [5, 5.41) is 0. The molecule has 18 heavy (non-hydrogen) atoms. The van der Waals surface area contributed by atoms with Crippen molar-refractivity contribution in [1.29, 1.82) is 0 Å². The van der Waals surface area contributed by atoms with Crippen molar-refractivity contribution < 1.29 is 13.9 Å². The number of carbonyl (C=O) groups excluding carboxylic acids is 1. The van der Waals surface area contributed by atoms with E-state index in [-0.39, 0.29) is 23.3 Å². The van der Waals surface area contributed by atoms with Gasteiger partial charge in [-0.25, -0.2) is 4.39 Å². The summed E-state index contributed by atoms with van der Waals surface area (Å²) in [5.41, 5.74) is 5.83. The van der Waals surface area contributed by atoms with Crippen molar-refractivity contribution in [2.24, 2.45) is 5.73 Å². The van der Waals surface area contributed by atoms with Crippen LogP contribution in [0.4, 0.5) is 4.39 Å². The molecule has 0 bridgehead atoms. The van der Waals surface area contributed by atoms with Crippen LogP contribution in [0.2, 0.25) is 0 Å². The highest BCUT2D eigenvalue weighted by Gasteiger charge is 2.26. The fourth-order valence-corrected chi connectivity index (χ4v) is 2.23. The molecule has 0 spiro atoms. The molecule has 98 valence electrons. The van der Waals surface area contributed by atoms with E-state index < -0.39 is 5.82 Å². The third kappa shape index (κ3) is 2.46. The van der Waals surface area contributed by atoms with Crippen LogP contribution >= 0.6 is 0 Å². The predicted octanol–water partition coefficient (Wildman–Crippen LogP) is 1.40.